The fourth-order valence-corrected chi connectivity index (χ4v) is 2.48. The number of anilines is 1. The molecule has 1 atom stereocenters. The van der Waals surface area contributed by atoms with Crippen molar-refractivity contribution in [3.8, 4) is 5.75 Å². The topological polar surface area (TPSA) is 124 Å². The minimum Gasteiger partial charge on any atom is -0.491 e. The maximum atomic E-state index is 11.6. The summed E-state index contributed by atoms with van der Waals surface area (Å²) in [5.41, 5.74) is 1.15. The second kappa shape index (κ2) is 15.9. The first kappa shape index (κ1) is 25.1. The molecule has 1 aromatic carbocycles. The second-order valence-electron chi connectivity index (χ2n) is 6.28. The van der Waals surface area contributed by atoms with Gasteiger partial charge in [0.1, 0.15) is 19.0 Å². The van der Waals surface area contributed by atoms with Crippen LogP contribution in [-0.4, -0.2) is 51.1 Å². The number of amides is 1. The number of unbranched alkanes of at least 4 members (excludes halogenated alkanes) is 3. The molecule has 0 saturated heterocycles. The van der Waals surface area contributed by atoms with Gasteiger partial charge in [-0.2, -0.15) is 5.10 Å². The van der Waals surface area contributed by atoms with Gasteiger partial charge in [-0.3, -0.25) is 9.80 Å². The molecule has 1 rings (SSSR count). The zero-order valence-electron chi connectivity index (χ0n) is 17.1. The van der Waals surface area contributed by atoms with Gasteiger partial charge in [-0.25, -0.2) is 5.84 Å². The largest absolute Gasteiger partial charge is 0.491 e. The van der Waals surface area contributed by atoms with Gasteiger partial charge in [0.15, 0.2) is 5.58 Å². The van der Waals surface area contributed by atoms with Crippen LogP contribution in [0.4, 0.5) is 5.69 Å². The Morgan fingerprint density at radius 3 is 2.48 bits per heavy atom. The molecule has 0 saturated carbocycles. The van der Waals surface area contributed by atoms with Gasteiger partial charge in [-0.1, -0.05) is 35.4 Å². The summed E-state index contributed by atoms with van der Waals surface area (Å²) in [6, 6.07) is 7.20. The van der Waals surface area contributed by atoms with Gasteiger partial charge in [0.2, 0.25) is 5.91 Å². The Hall–Kier alpha value is -1.93. The lowest BCUT2D eigenvalue weighted by Crippen LogP contribution is -2.34. The van der Waals surface area contributed by atoms with E-state index in [1.807, 2.05) is 0 Å². The maximum Gasteiger partial charge on any atom is 0.245 e. The van der Waals surface area contributed by atoms with E-state index in [4.69, 9.17) is 25.9 Å². The fraction of sp³-hybridized carbons (Fsp3) is 0.579. The van der Waals surface area contributed by atoms with Crippen LogP contribution in [0.3, 0.4) is 0 Å². The molecule has 0 aliphatic rings. The first-order chi connectivity index (χ1) is 14.1. The first-order valence-corrected chi connectivity index (χ1v) is 10.4. The lowest BCUT2D eigenvalue weighted by Gasteiger charge is -2.17. The third-order valence-corrected chi connectivity index (χ3v) is 4.38. The Bertz CT molecular complexity index is 601. The van der Waals surface area contributed by atoms with Crippen molar-refractivity contribution in [1.29, 1.82) is 0 Å². The molecule has 0 fully saturated rings. The standard InChI is InChI=1S/C19H34N5O4P/c1-2-3-4-5-10-22-18(25)15-27-12-11-26-13-14-28-17-8-6-16(7-9-17)24(21)19(29)23-20/h6-9H,2-5,10-15,20-21,29H2,1H3,(H,22,25)/b23-19+. The third-order valence-electron chi connectivity index (χ3n) is 3.95. The summed E-state index contributed by atoms with van der Waals surface area (Å²) in [4.78, 5) is 11.6. The number of amidine groups is 1. The van der Waals surface area contributed by atoms with Gasteiger partial charge < -0.3 is 25.4 Å². The highest BCUT2D eigenvalue weighted by Crippen LogP contribution is 2.18. The number of nitrogens with one attached hydrogen (secondary N) is 1. The molecule has 5 N–H and O–H groups in total. The van der Waals surface area contributed by atoms with Gasteiger partial charge in [0, 0.05) is 6.54 Å². The number of hydrazone groups is 1. The van der Waals surface area contributed by atoms with E-state index in [0.717, 1.165) is 18.5 Å². The Morgan fingerprint density at radius 1 is 1.10 bits per heavy atom. The highest BCUT2D eigenvalue weighted by Gasteiger charge is 2.05. The number of rotatable bonds is 15. The summed E-state index contributed by atoms with van der Waals surface area (Å²) in [6.07, 6.45) is 4.54. The molecule has 29 heavy (non-hydrogen) atoms. The second-order valence-corrected chi connectivity index (χ2v) is 6.79. The van der Waals surface area contributed by atoms with Crippen molar-refractivity contribution in [1.82, 2.24) is 5.32 Å². The normalized spacial score (nSPS) is 11.3. The van der Waals surface area contributed by atoms with Gasteiger partial charge >= 0.3 is 0 Å². The zero-order valence-corrected chi connectivity index (χ0v) is 18.3. The molecular weight excluding hydrogens is 393 g/mol. The molecule has 0 aliphatic carbocycles. The average Bonchev–Trinajstić information content (AvgIpc) is 2.74. The van der Waals surface area contributed by atoms with E-state index in [1.54, 1.807) is 24.3 Å². The lowest BCUT2D eigenvalue weighted by atomic mass is 10.2. The molecule has 0 radical (unpaired) electrons. The highest BCUT2D eigenvalue weighted by atomic mass is 31.0. The van der Waals surface area contributed by atoms with Crippen molar-refractivity contribution in [3.05, 3.63) is 24.3 Å². The van der Waals surface area contributed by atoms with Crippen LogP contribution >= 0.6 is 9.24 Å². The molecule has 1 unspecified atom stereocenters. The van der Waals surface area contributed by atoms with E-state index in [-0.39, 0.29) is 12.5 Å². The highest BCUT2D eigenvalue weighted by molar-refractivity contribution is 7.41. The number of carbonyl (C=O) groups is 1. The Morgan fingerprint density at radius 2 is 1.79 bits per heavy atom. The summed E-state index contributed by atoms with van der Waals surface area (Å²) in [5, 5.41) is 7.70. The van der Waals surface area contributed by atoms with Crippen LogP contribution in [0.1, 0.15) is 32.6 Å². The Balaban J connectivity index is 2.02. The van der Waals surface area contributed by atoms with E-state index in [0.29, 0.717) is 44.3 Å². The molecule has 164 valence electrons. The number of nitrogens with zero attached hydrogens (tertiary/aromatic N) is 2. The van der Waals surface area contributed by atoms with Gasteiger partial charge in [-0.05, 0) is 30.7 Å². The number of benzene rings is 1. The van der Waals surface area contributed by atoms with Crippen LogP contribution in [0.15, 0.2) is 29.4 Å². The van der Waals surface area contributed by atoms with Gasteiger partial charge in [-0.15, -0.1) is 0 Å². The van der Waals surface area contributed by atoms with Gasteiger partial charge in [0.05, 0.1) is 25.5 Å². The SMILES string of the molecule is CCCCCCNC(=O)COCCOCCOc1ccc(N(N)/C(P)=N\N)cc1. The van der Waals surface area contributed by atoms with Crippen LogP contribution < -0.4 is 26.7 Å². The quantitative estimate of drug-likeness (QED) is 0.0969. The molecular formula is C19H34N5O4P. The summed E-state index contributed by atoms with van der Waals surface area (Å²) in [6.45, 7) is 4.53. The number of hydrazine groups is 1. The smallest absolute Gasteiger partial charge is 0.245 e. The molecule has 10 heteroatoms. The van der Waals surface area contributed by atoms with E-state index < -0.39 is 0 Å². The Labute approximate surface area is 175 Å². The van der Waals surface area contributed by atoms with Crippen molar-refractivity contribution < 1.29 is 19.0 Å². The van der Waals surface area contributed by atoms with E-state index in [9.17, 15) is 4.79 Å². The summed E-state index contributed by atoms with van der Waals surface area (Å²) >= 11 is 0. The van der Waals surface area contributed by atoms with E-state index >= 15 is 0 Å². The summed E-state index contributed by atoms with van der Waals surface area (Å²) in [7, 11) is 2.35. The minimum atomic E-state index is -0.0872. The average molecular weight is 427 g/mol. The lowest BCUT2D eigenvalue weighted by molar-refractivity contribution is -0.126. The van der Waals surface area contributed by atoms with Gasteiger partial charge in [0.25, 0.3) is 0 Å². The zero-order chi connectivity index (χ0) is 21.3. The molecule has 9 nitrogen and oxygen atoms in total. The third kappa shape index (κ3) is 11.6. The van der Waals surface area contributed by atoms with E-state index in [2.05, 4.69) is 26.6 Å². The number of hydrogen-bond acceptors (Lipinski definition) is 7. The fourth-order valence-electron chi connectivity index (χ4n) is 2.33. The number of ether oxygens (including phenoxy) is 3. The molecule has 0 bridgehead atoms. The molecule has 0 heterocycles. The van der Waals surface area contributed by atoms with E-state index in [1.165, 1.54) is 17.9 Å². The van der Waals surface area contributed by atoms with Crippen LogP contribution in [0.5, 0.6) is 5.75 Å². The van der Waals surface area contributed by atoms with Crippen LogP contribution in [-0.2, 0) is 14.3 Å². The van der Waals surface area contributed by atoms with Crippen molar-refractivity contribution >= 4 is 26.4 Å². The van der Waals surface area contributed by atoms with Crippen LogP contribution in [0.2, 0.25) is 0 Å². The van der Waals surface area contributed by atoms with Crippen LogP contribution in [0, 0.1) is 0 Å². The molecule has 0 aromatic heterocycles. The minimum absolute atomic E-state index is 0.0605. The predicted molar refractivity (Wildman–Crippen MR) is 119 cm³/mol. The number of hydrogen-bond donors (Lipinski definition) is 3. The molecule has 0 spiro atoms. The first-order valence-electron chi connectivity index (χ1n) is 9.81. The summed E-state index contributed by atoms with van der Waals surface area (Å²) < 4.78 is 16.3. The number of carbonyl (C=O) groups excluding carboxylic acids is 1. The van der Waals surface area contributed by atoms with Crippen molar-refractivity contribution in [2.24, 2.45) is 16.8 Å². The molecule has 0 aliphatic heterocycles. The summed E-state index contributed by atoms with van der Waals surface area (Å²) in [5.74, 6) is 11.6. The van der Waals surface area contributed by atoms with Crippen LogP contribution in [0.25, 0.3) is 0 Å². The number of nitrogens with two attached hydrogens (primary N) is 2. The van der Waals surface area contributed by atoms with Crippen molar-refractivity contribution in [3.63, 3.8) is 0 Å². The van der Waals surface area contributed by atoms with Crippen molar-refractivity contribution in [2.45, 2.75) is 32.6 Å². The molecule has 1 aromatic rings. The predicted octanol–water partition coefficient (Wildman–Crippen LogP) is 1.58. The molecule has 1 amide bonds. The maximum absolute atomic E-state index is 11.6. The Kier molecular flexibility index (Phi) is 13.8. The van der Waals surface area contributed by atoms with Crippen molar-refractivity contribution in [2.75, 3.05) is 44.6 Å². The monoisotopic (exact) mass is 427 g/mol.